The molecule has 4 aromatic carbocycles. The van der Waals surface area contributed by atoms with Crippen molar-refractivity contribution in [2.75, 3.05) is 20.3 Å². The molecule has 5 rings (SSSR count). The minimum Gasteiger partial charge on any atom is -0.488 e. The molecule has 8 nitrogen and oxygen atoms in total. The van der Waals surface area contributed by atoms with Gasteiger partial charge in [-0.2, -0.15) is 0 Å². The summed E-state index contributed by atoms with van der Waals surface area (Å²) in [5.41, 5.74) is 5.22. The van der Waals surface area contributed by atoms with E-state index in [0.717, 1.165) is 22.3 Å². The predicted octanol–water partition coefficient (Wildman–Crippen LogP) is 7.42. The van der Waals surface area contributed by atoms with Crippen LogP contribution < -0.4 is 4.74 Å². The van der Waals surface area contributed by atoms with Crippen LogP contribution in [0, 0.1) is 6.92 Å². The number of hydrogen-bond acceptors (Lipinski definition) is 8. The molecule has 5 aromatic rings. The van der Waals surface area contributed by atoms with Crippen molar-refractivity contribution in [1.29, 1.82) is 0 Å². The number of hydrogen-bond donors (Lipinski definition) is 0. The molecule has 0 radical (unpaired) electrons. The Kier molecular flexibility index (Phi) is 12.8. The van der Waals surface area contributed by atoms with Crippen molar-refractivity contribution in [3.8, 4) is 5.75 Å². The molecule has 0 aliphatic heterocycles. The Balaban J connectivity index is 1.27. The van der Waals surface area contributed by atoms with E-state index in [-0.39, 0.29) is 25.9 Å². The van der Waals surface area contributed by atoms with Gasteiger partial charge in [-0.05, 0) is 41.3 Å². The van der Waals surface area contributed by atoms with Crippen molar-refractivity contribution in [3.63, 3.8) is 0 Å². The largest absolute Gasteiger partial charge is 0.488 e. The standard InChI is InChI=1S/C40H42N2O6/c1-29-39(47-28-36(44-3)27-46-25-34-19-12-18-33-17-10-11-20-37(33)34)38(35(21-41-29)26-45-23-31-13-6-4-7-14-31)22-42-30(2)40(43)48-24-32-15-8-5-9-16-32/h4-22,30,36H,23-28H2,1-3H3/t30?,36-/m0/s1. The Hall–Kier alpha value is -4.89. The number of carbonyl (C=O) groups is 1. The molecule has 0 aliphatic rings. The number of ether oxygens (including phenoxy) is 5. The number of carbonyl (C=O) groups excluding carboxylic acids is 1. The molecule has 0 aliphatic carbocycles. The van der Waals surface area contributed by atoms with E-state index in [4.69, 9.17) is 23.7 Å². The van der Waals surface area contributed by atoms with Gasteiger partial charge in [-0.3, -0.25) is 9.98 Å². The van der Waals surface area contributed by atoms with Gasteiger partial charge in [0.2, 0.25) is 0 Å². The molecule has 0 saturated heterocycles. The smallest absolute Gasteiger partial charge is 0.330 e. The van der Waals surface area contributed by atoms with E-state index >= 15 is 0 Å². The van der Waals surface area contributed by atoms with Gasteiger partial charge in [-0.25, -0.2) is 4.79 Å². The highest BCUT2D eigenvalue weighted by Gasteiger charge is 2.18. The van der Waals surface area contributed by atoms with Crippen LogP contribution in [0.5, 0.6) is 5.75 Å². The van der Waals surface area contributed by atoms with Crippen LogP contribution in [-0.2, 0) is 50.2 Å². The molecule has 1 aromatic heterocycles. The second-order valence-electron chi connectivity index (χ2n) is 11.5. The Morgan fingerprint density at radius 2 is 1.44 bits per heavy atom. The minimum absolute atomic E-state index is 0.182. The number of aromatic nitrogens is 1. The third kappa shape index (κ3) is 9.81. The summed E-state index contributed by atoms with van der Waals surface area (Å²) in [7, 11) is 1.64. The lowest BCUT2D eigenvalue weighted by Gasteiger charge is -2.20. The van der Waals surface area contributed by atoms with Crippen LogP contribution in [0.1, 0.15) is 40.4 Å². The van der Waals surface area contributed by atoms with Gasteiger partial charge < -0.3 is 23.7 Å². The normalized spacial score (nSPS) is 12.6. The fourth-order valence-corrected chi connectivity index (χ4v) is 5.11. The second kappa shape index (κ2) is 17.9. The van der Waals surface area contributed by atoms with Crippen molar-refractivity contribution in [1.82, 2.24) is 4.98 Å². The first kappa shape index (κ1) is 34.4. The molecule has 2 atom stereocenters. The second-order valence-corrected chi connectivity index (χ2v) is 11.5. The number of fused-ring (bicyclic) bond motifs is 1. The molecule has 0 spiro atoms. The molecule has 0 bridgehead atoms. The molecule has 0 saturated carbocycles. The fourth-order valence-electron chi connectivity index (χ4n) is 5.11. The van der Waals surface area contributed by atoms with E-state index in [1.807, 2.05) is 85.8 Å². The summed E-state index contributed by atoms with van der Waals surface area (Å²) in [6.07, 6.45) is 3.07. The molecule has 248 valence electrons. The number of pyridine rings is 1. The Morgan fingerprint density at radius 1 is 0.771 bits per heavy atom. The maximum atomic E-state index is 12.8. The maximum Gasteiger partial charge on any atom is 0.330 e. The van der Waals surface area contributed by atoms with Crippen molar-refractivity contribution in [2.45, 2.75) is 52.4 Å². The van der Waals surface area contributed by atoms with Gasteiger partial charge in [0.05, 0.1) is 32.1 Å². The van der Waals surface area contributed by atoms with Crippen LogP contribution in [0.3, 0.4) is 0 Å². The molecule has 0 N–H and O–H groups in total. The van der Waals surface area contributed by atoms with Crippen LogP contribution in [0.2, 0.25) is 0 Å². The SMILES string of the molecule is CO[C@@H](COCc1cccc2ccccc12)COc1c(C)ncc(COCc2ccccc2)c1C=NC(C)C(=O)OCc1ccccc1. The lowest BCUT2D eigenvalue weighted by Crippen LogP contribution is -2.26. The zero-order valence-corrected chi connectivity index (χ0v) is 27.7. The van der Waals surface area contributed by atoms with Gasteiger partial charge in [0.15, 0.2) is 0 Å². The highest BCUT2D eigenvalue weighted by atomic mass is 16.6. The van der Waals surface area contributed by atoms with E-state index < -0.39 is 12.0 Å². The number of nitrogens with zero attached hydrogens (tertiary/aromatic N) is 2. The average Bonchev–Trinajstić information content (AvgIpc) is 3.13. The molecule has 0 amide bonds. The molecule has 0 fully saturated rings. The summed E-state index contributed by atoms with van der Waals surface area (Å²) in [5, 5.41) is 2.34. The summed E-state index contributed by atoms with van der Waals surface area (Å²) in [6, 6.07) is 33.2. The van der Waals surface area contributed by atoms with Crippen molar-refractivity contribution in [3.05, 3.63) is 143 Å². The van der Waals surface area contributed by atoms with Crippen LogP contribution >= 0.6 is 0 Å². The highest BCUT2D eigenvalue weighted by molar-refractivity contribution is 5.88. The van der Waals surface area contributed by atoms with E-state index in [9.17, 15) is 4.79 Å². The first-order valence-electron chi connectivity index (χ1n) is 16.1. The Bertz CT molecular complexity index is 1770. The van der Waals surface area contributed by atoms with Crippen LogP contribution in [0.25, 0.3) is 10.8 Å². The number of esters is 1. The first-order valence-corrected chi connectivity index (χ1v) is 16.1. The van der Waals surface area contributed by atoms with E-state index in [2.05, 4.69) is 34.2 Å². The zero-order chi connectivity index (χ0) is 33.6. The minimum atomic E-state index is -0.734. The van der Waals surface area contributed by atoms with Crippen molar-refractivity contribution < 1.29 is 28.5 Å². The third-order valence-electron chi connectivity index (χ3n) is 7.88. The monoisotopic (exact) mass is 646 g/mol. The summed E-state index contributed by atoms with van der Waals surface area (Å²) in [5.74, 6) is 0.119. The van der Waals surface area contributed by atoms with E-state index in [0.29, 0.717) is 36.8 Å². The molecule has 1 unspecified atom stereocenters. The van der Waals surface area contributed by atoms with Crippen LogP contribution in [-0.4, -0.2) is 49.6 Å². The number of aryl methyl sites for hydroxylation is 1. The zero-order valence-electron chi connectivity index (χ0n) is 27.7. The van der Waals surface area contributed by atoms with Gasteiger partial charge in [-0.15, -0.1) is 0 Å². The lowest BCUT2D eigenvalue weighted by molar-refractivity contribution is -0.145. The number of benzene rings is 4. The number of methoxy groups -OCH3 is 1. The van der Waals surface area contributed by atoms with Crippen LogP contribution in [0.4, 0.5) is 0 Å². The summed E-state index contributed by atoms with van der Waals surface area (Å²) >= 11 is 0. The quantitative estimate of drug-likeness (QED) is 0.0767. The third-order valence-corrected chi connectivity index (χ3v) is 7.88. The maximum absolute atomic E-state index is 12.8. The molecule has 1 heterocycles. The van der Waals surface area contributed by atoms with Crippen molar-refractivity contribution >= 4 is 23.0 Å². The molecular weight excluding hydrogens is 604 g/mol. The topological polar surface area (TPSA) is 88.5 Å². The summed E-state index contributed by atoms with van der Waals surface area (Å²) in [4.78, 5) is 22.0. The lowest BCUT2D eigenvalue weighted by atomic mass is 10.1. The molecular formula is C40H42N2O6. The Labute approximate surface area is 282 Å². The van der Waals surface area contributed by atoms with E-state index in [1.54, 1.807) is 26.4 Å². The number of aliphatic imine (C=N–C) groups is 1. The summed E-state index contributed by atoms with van der Waals surface area (Å²) in [6.45, 7) is 5.47. The van der Waals surface area contributed by atoms with E-state index in [1.165, 1.54) is 10.8 Å². The van der Waals surface area contributed by atoms with Gasteiger partial charge in [-0.1, -0.05) is 103 Å². The fraction of sp³-hybridized carbons (Fsp3) is 0.275. The highest BCUT2D eigenvalue weighted by Crippen LogP contribution is 2.26. The van der Waals surface area contributed by atoms with Gasteiger partial charge >= 0.3 is 5.97 Å². The summed E-state index contributed by atoms with van der Waals surface area (Å²) < 4.78 is 29.8. The Morgan fingerprint density at radius 3 is 2.19 bits per heavy atom. The predicted molar refractivity (Wildman–Crippen MR) is 187 cm³/mol. The van der Waals surface area contributed by atoms with Crippen LogP contribution in [0.15, 0.2) is 114 Å². The van der Waals surface area contributed by atoms with Gasteiger partial charge in [0.1, 0.15) is 31.1 Å². The molecule has 8 heteroatoms. The van der Waals surface area contributed by atoms with Gasteiger partial charge in [0, 0.05) is 30.6 Å². The first-order chi connectivity index (χ1) is 23.5. The van der Waals surface area contributed by atoms with Crippen molar-refractivity contribution in [2.24, 2.45) is 4.99 Å². The van der Waals surface area contributed by atoms with Gasteiger partial charge in [0.25, 0.3) is 0 Å². The number of rotatable bonds is 17. The molecule has 48 heavy (non-hydrogen) atoms. The average molecular weight is 647 g/mol.